The largest absolute Gasteiger partial charge is 0.395 e. The molecule has 2 aliphatic rings. The molecule has 0 aromatic heterocycles. The summed E-state index contributed by atoms with van der Waals surface area (Å²) < 4.78 is 0. The van der Waals surface area contributed by atoms with Crippen LogP contribution in [0.1, 0.15) is 38.5 Å². The van der Waals surface area contributed by atoms with E-state index in [4.69, 9.17) is 5.11 Å². The van der Waals surface area contributed by atoms with Gasteiger partial charge in [-0.1, -0.05) is 12.8 Å². The highest BCUT2D eigenvalue weighted by Gasteiger charge is 2.36. The van der Waals surface area contributed by atoms with Crippen molar-refractivity contribution >= 4 is 0 Å². The first kappa shape index (κ1) is 8.52. The second-order valence-electron chi connectivity index (χ2n) is 4.51. The molecule has 2 heteroatoms. The van der Waals surface area contributed by atoms with Crippen LogP contribution in [0.15, 0.2) is 0 Å². The van der Waals surface area contributed by atoms with Gasteiger partial charge in [0.1, 0.15) is 0 Å². The lowest BCUT2D eigenvalue weighted by Crippen LogP contribution is -2.46. The summed E-state index contributed by atoms with van der Waals surface area (Å²) >= 11 is 0. The number of hydrogen-bond acceptors (Lipinski definition) is 2. The Labute approximate surface area is 74.4 Å². The molecule has 2 nitrogen and oxygen atoms in total. The molecule has 2 fully saturated rings. The molecule has 1 aliphatic heterocycles. The van der Waals surface area contributed by atoms with E-state index in [9.17, 15) is 0 Å². The number of nitrogens with one attached hydrogen (secondary N) is 1. The van der Waals surface area contributed by atoms with E-state index in [1.165, 1.54) is 38.5 Å². The fourth-order valence-electron chi connectivity index (χ4n) is 2.74. The Bertz CT molecular complexity index is 142. The van der Waals surface area contributed by atoms with Gasteiger partial charge in [0.05, 0.1) is 6.61 Å². The molecule has 0 radical (unpaired) electrons. The second-order valence-corrected chi connectivity index (χ2v) is 4.51. The third-order valence-electron chi connectivity index (χ3n) is 3.67. The molecule has 70 valence electrons. The van der Waals surface area contributed by atoms with Crippen LogP contribution in [0, 0.1) is 5.41 Å². The number of hydrogen-bond donors (Lipinski definition) is 2. The van der Waals surface area contributed by atoms with E-state index in [-0.39, 0.29) is 0 Å². The Morgan fingerprint density at radius 2 is 2.00 bits per heavy atom. The molecule has 1 atom stereocenters. The summed E-state index contributed by atoms with van der Waals surface area (Å²) in [5, 5.41) is 12.4. The summed E-state index contributed by atoms with van der Waals surface area (Å²) in [7, 11) is 0. The molecule has 1 heterocycles. The molecule has 1 saturated carbocycles. The third kappa shape index (κ3) is 1.50. The van der Waals surface area contributed by atoms with E-state index in [1.807, 2.05) is 0 Å². The van der Waals surface area contributed by atoms with Crippen LogP contribution in [0.3, 0.4) is 0 Å². The molecule has 12 heavy (non-hydrogen) atoms. The minimum atomic E-state index is 0.316. The Hall–Kier alpha value is -0.0800. The van der Waals surface area contributed by atoms with Gasteiger partial charge in [0, 0.05) is 12.6 Å². The number of aliphatic hydroxyl groups excluding tert-OH is 1. The Kier molecular flexibility index (Phi) is 2.37. The fourth-order valence-corrected chi connectivity index (χ4v) is 2.74. The molecule has 2 N–H and O–H groups in total. The summed E-state index contributed by atoms with van der Waals surface area (Å²) in [6.07, 6.45) is 8.19. The van der Waals surface area contributed by atoms with E-state index in [1.54, 1.807) is 0 Å². The van der Waals surface area contributed by atoms with Gasteiger partial charge in [0.25, 0.3) is 0 Å². The maximum Gasteiger partial charge on any atom is 0.0584 e. The van der Waals surface area contributed by atoms with Gasteiger partial charge in [0.2, 0.25) is 0 Å². The first-order chi connectivity index (χ1) is 5.85. The Balaban J connectivity index is 1.88. The summed E-state index contributed by atoms with van der Waals surface area (Å²) in [6.45, 7) is 1.47. The maximum absolute atomic E-state index is 8.96. The molecular weight excluding hydrogens is 150 g/mol. The van der Waals surface area contributed by atoms with Crippen LogP contribution in [-0.2, 0) is 0 Å². The summed E-state index contributed by atoms with van der Waals surface area (Å²) in [6, 6.07) is 0.385. The summed E-state index contributed by atoms with van der Waals surface area (Å²) in [5.74, 6) is 0. The zero-order valence-electron chi connectivity index (χ0n) is 7.68. The van der Waals surface area contributed by atoms with E-state index in [0.29, 0.717) is 18.1 Å². The van der Waals surface area contributed by atoms with Crippen molar-refractivity contribution in [3.63, 3.8) is 0 Å². The Morgan fingerprint density at radius 3 is 2.50 bits per heavy atom. The van der Waals surface area contributed by atoms with Crippen LogP contribution in [0.25, 0.3) is 0 Å². The van der Waals surface area contributed by atoms with Crippen molar-refractivity contribution in [3.05, 3.63) is 0 Å². The normalized spacial score (nSPS) is 34.2. The average molecular weight is 169 g/mol. The van der Waals surface area contributed by atoms with Crippen LogP contribution >= 0.6 is 0 Å². The topological polar surface area (TPSA) is 32.3 Å². The molecular formula is C10H19NO. The van der Waals surface area contributed by atoms with E-state index in [0.717, 1.165) is 6.54 Å². The highest BCUT2D eigenvalue weighted by molar-refractivity contribution is 4.92. The molecule has 1 aliphatic carbocycles. The van der Waals surface area contributed by atoms with Crippen molar-refractivity contribution in [3.8, 4) is 0 Å². The zero-order chi connectivity index (χ0) is 8.44. The van der Waals surface area contributed by atoms with Gasteiger partial charge in [-0.2, -0.15) is 0 Å². The van der Waals surface area contributed by atoms with Crippen LogP contribution < -0.4 is 5.32 Å². The number of aliphatic hydroxyl groups is 1. The zero-order valence-corrected chi connectivity index (χ0v) is 7.68. The molecule has 0 amide bonds. The van der Waals surface area contributed by atoms with Gasteiger partial charge in [-0.25, -0.2) is 0 Å². The predicted octanol–water partition coefficient (Wildman–Crippen LogP) is 1.29. The molecule has 0 aromatic rings. The van der Waals surface area contributed by atoms with Crippen molar-refractivity contribution in [2.75, 3.05) is 13.2 Å². The molecule has 0 aromatic carbocycles. The Morgan fingerprint density at radius 1 is 1.25 bits per heavy atom. The molecule has 1 saturated heterocycles. The van der Waals surface area contributed by atoms with Crippen LogP contribution in [0.4, 0.5) is 0 Å². The van der Waals surface area contributed by atoms with E-state index < -0.39 is 0 Å². The van der Waals surface area contributed by atoms with Gasteiger partial charge >= 0.3 is 0 Å². The van der Waals surface area contributed by atoms with Gasteiger partial charge in [-0.15, -0.1) is 0 Å². The summed E-state index contributed by atoms with van der Waals surface area (Å²) in [5.41, 5.74) is 0.631. The smallest absolute Gasteiger partial charge is 0.0584 e. The third-order valence-corrected chi connectivity index (χ3v) is 3.67. The van der Waals surface area contributed by atoms with Crippen molar-refractivity contribution < 1.29 is 5.11 Å². The maximum atomic E-state index is 8.96. The lowest BCUT2D eigenvalue weighted by atomic mass is 9.77. The monoisotopic (exact) mass is 169 g/mol. The minimum absolute atomic E-state index is 0.316. The van der Waals surface area contributed by atoms with E-state index >= 15 is 0 Å². The lowest BCUT2D eigenvalue weighted by molar-refractivity contribution is 0.141. The van der Waals surface area contributed by atoms with Gasteiger partial charge in [0.15, 0.2) is 0 Å². The quantitative estimate of drug-likeness (QED) is 0.620. The number of piperidine rings is 1. The van der Waals surface area contributed by atoms with Crippen LogP contribution in [0.5, 0.6) is 0 Å². The highest BCUT2D eigenvalue weighted by atomic mass is 16.3. The highest BCUT2D eigenvalue weighted by Crippen LogP contribution is 2.43. The van der Waals surface area contributed by atoms with Crippen molar-refractivity contribution in [2.45, 2.75) is 44.6 Å². The SMILES string of the molecule is OCC1CCC2(CCCC2)CN1. The van der Waals surface area contributed by atoms with Crippen LogP contribution in [-0.4, -0.2) is 24.3 Å². The van der Waals surface area contributed by atoms with Crippen LogP contribution in [0.2, 0.25) is 0 Å². The summed E-state index contributed by atoms with van der Waals surface area (Å²) in [4.78, 5) is 0. The predicted molar refractivity (Wildman–Crippen MR) is 49.0 cm³/mol. The second kappa shape index (κ2) is 3.35. The first-order valence-corrected chi connectivity index (χ1v) is 5.19. The average Bonchev–Trinajstić information content (AvgIpc) is 2.55. The minimum Gasteiger partial charge on any atom is -0.395 e. The molecule has 1 unspecified atom stereocenters. The standard InChI is InChI=1S/C10H19NO/c12-7-9-3-6-10(8-11-9)4-1-2-5-10/h9,11-12H,1-8H2. The van der Waals surface area contributed by atoms with Gasteiger partial charge in [-0.05, 0) is 31.1 Å². The number of rotatable bonds is 1. The lowest BCUT2D eigenvalue weighted by Gasteiger charge is -2.37. The van der Waals surface area contributed by atoms with Gasteiger partial charge in [-0.3, -0.25) is 0 Å². The van der Waals surface area contributed by atoms with E-state index in [2.05, 4.69) is 5.32 Å². The van der Waals surface area contributed by atoms with Crippen molar-refractivity contribution in [1.29, 1.82) is 0 Å². The molecule has 0 bridgehead atoms. The van der Waals surface area contributed by atoms with Crippen molar-refractivity contribution in [1.82, 2.24) is 5.32 Å². The van der Waals surface area contributed by atoms with Gasteiger partial charge < -0.3 is 10.4 Å². The van der Waals surface area contributed by atoms with Crippen molar-refractivity contribution in [2.24, 2.45) is 5.41 Å². The first-order valence-electron chi connectivity index (χ1n) is 5.19. The molecule has 1 spiro atoms. The molecule has 2 rings (SSSR count). The fraction of sp³-hybridized carbons (Fsp3) is 1.00.